The van der Waals surface area contributed by atoms with Crippen molar-refractivity contribution in [3.05, 3.63) is 48.0 Å². The highest BCUT2D eigenvalue weighted by Gasteiger charge is 2.08. The van der Waals surface area contributed by atoms with Gasteiger partial charge in [-0.1, -0.05) is 74.3 Å². The summed E-state index contributed by atoms with van der Waals surface area (Å²) in [4.78, 5) is 0.383. The molecule has 0 bridgehead atoms. The number of fused-ring (bicyclic) bond motifs is 1. The molecule has 2 aromatic carbocycles. The van der Waals surface area contributed by atoms with Crippen molar-refractivity contribution >= 4 is 42.6 Å². The van der Waals surface area contributed by atoms with Gasteiger partial charge in [0, 0.05) is 10.2 Å². The summed E-state index contributed by atoms with van der Waals surface area (Å²) < 4.78 is 0. The molecule has 0 radical (unpaired) electrons. The van der Waals surface area contributed by atoms with Gasteiger partial charge in [-0.2, -0.15) is 0 Å². The third-order valence-electron chi connectivity index (χ3n) is 2.30. The van der Waals surface area contributed by atoms with E-state index in [0.29, 0.717) is 4.83 Å². The van der Waals surface area contributed by atoms with Crippen LogP contribution in [-0.4, -0.2) is 5.33 Å². The lowest BCUT2D eigenvalue weighted by atomic mass is 10.0. The molecule has 0 saturated carbocycles. The van der Waals surface area contributed by atoms with Crippen LogP contribution in [0, 0.1) is 0 Å². The molecule has 0 spiro atoms. The maximum atomic E-state index is 3.66. The summed E-state index contributed by atoms with van der Waals surface area (Å²) in [7, 11) is 0. The lowest BCUT2D eigenvalue weighted by molar-refractivity contribution is 1.17. The zero-order valence-electron chi connectivity index (χ0n) is 7.58. The lowest BCUT2D eigenvalue weighted by Gasteiger charge is -2.09. The molecule has 0 N–H and O–H groups in total. The first kappa shape index (κ1) is 10.2. The van der Waals surface area contributed by atoms with Crippen LogP contribution in [-0.2, 0) is 0 Å². The molecule has 2 aromatic rings. The van der Waals surface area contributed by atoms with E-state index in [4.69, 9.17) is 0 Å². The first-order chi connectivity index (χ1) is 6.83. The fourth-order valence-corrected chi connectivity index (χ4v) is 2.35. The van der Waals surface area contributed by atoms with Gasteiger partial charge in [0.15, 0.2) is 0 Å². The molecule has 0 aromatic heterocycles. The van der Waals surface area contributed by atoms with Gasteiger partial charge >= 0.3 is 0 Å². The van der Waals surface area contributed by atoms with E-state index in [1.165, 1.54) is 16.3 Å². The molecular weight excluding hydrogens is 304 g/mol. The number of benzene rings is 2. The van der Waals surface area contributed by atoms with Crippen LogP contribution in [0.2, 0.25) is 0 Å². The number of hydrogen-bond acceptors (Lipinski definition) is 0. The Labute approximate surface area is 101 Å². The molecule has 0 saturated heterocycles. The van der Waals surface area contributed by atoms with Crippen molar-refractivity contribution in [1.29, 1.82) is 0 Å². The average Bonchev–Trinajstić information content (AvgIpc) is 2.27. The number of halogens is 2. The topological polar surface area (TPSA) is 0 Å². The van der Waals surface area contributed by atoms with Crippen molar-refractivity contribution < 1.29 is 0 Å². The Bertz CT molecular complexity index is 432. The molecule has 0 unspecified atom stereocenters. The molecule has 2 heteroatoms. The summed E-state index contributed by atoms with van der Waals surface area (Å²) in [6, 6.07) is 14.9. The fourth-order valence-electron chi connectivity index (χ4n) is 1.61. The summed E-state index contributed by atoms with van der Waals surface area (Å²) in [6.07, 6.45) is 0. The van der Waals surface area contributed by atoms with Crippen LogP contribution in [0.3, 0.4) is 0 Å². The second-order valence-corrected chi connectivity index (χ2v) is 4.94. The zero-order chi connectivity index (χ0) is 9.97. The highest BCUT2D eigenvalue weighted by molar-refractivity contribution is 9.12. The van der Waals surface area contributed by atoms with Crippen molar-refractivity contribution in [3.63, 3.8) is 0 Å². The minimum absolute atomic E-state index is 0.383. The van der Waals surface area contributed by atoms with Crippen molar-refractivity contribution in [2.45, 2.75) is 4.83 Å². The molecule has 2 rings (SSSR count). The normalized spacial score (nSPS) is 13.0. The van der Waals surface area contributed by atoms with E-state index >= 15 is 0 Å². The lowest BCUT2D eigenvalue weighted by Crippen LogP contribution is -1.91. The Balaban J connectivity index is 2.65. The van der Waals surface area contributed by atoms with Crippen LogP contribution in [0.25, 0.3) is 10.8 Å². The molecule has 0 aliphatic rings. The third kappa shape index (κ3) is 1.86. The van der Waals surface area contributed by atoms with Gasteiger partial charge in [0.1, 0.15) is 0 Å². The van der Waals surface area contributed by atoms with Gasteiger partial charge in [0.05, 0.1) is 0 Å². The standard InChI is InChI=1S/C12H10Br2/c13-8-12(14)11-7-3-5-9-4-1-2-6-10(9)11/h1-7,12H,8H2/t12-/m1/s1. The molecule has 1 atom stereocenters. The average molecular weight is 314 g/mol. The third-order valence-corrected chi connectivity index (χ3v) is 4.63. The summed E-state index contributed by atoms with van der Waals surface area (Å²) >= 11 is 7.15. The molecule has 0 amide bonds. The van der Waals surface area contributed by atoms with Crippen LogP contribution in [0.4, 0.5) is 0 Å². The smallest absolute Gasteiger partial charge is 0.0498 e. The molecular formula is C12H10Br2. The van der Waals surface area contributed by atoms with Crippen molar-refractivity contribution in [2.24, 2.45) is 0 Å². The van der Waals surface area contributed by atoms with Gasteiger partial charge in [0.25, 0.3) is 0 Å². The summed E-state index contributed by atoms with van der Waals surface area (Å²) in [5.41, 5.74) is 1.35. The van der Waals surface area contributed by atoms with Crippen molar-refractivity contribution in [1.82, 2.24) is 0 Å². The number of hydrogen-bond donors (Lipinski definition) is 0. The van der Waals surface area contributed by atoms with E-state index in [1.807, 2.05) is 0 Å². The second-order valence-electron chi connectivity index (χ2n) is 3.19. The van der Waals surface area contributed by atoms with Crippen LogP contribution in [0.5, 0.6) is 0 Å². The van der Waals surface area contributed by atoms with Gasteiger partial charge in [-0.3, -0.25) is 0 Å². The van der Waals surface area contributed by atoms with Crippen LogP contribution >= 0.6 is 31.9 Å². The van der Waals surface area contributed by atoms with E-state index in [0.717, 1.165) is 5.33 Å². The summed E-state index contributed by atoms with van der Waals surface area (Å²) in [5, 5.41) is 3.56. The van der Waals surface area contributed by atoms with Crippen molar-refractivity contribution in [2.75, 3.05) is 5.33 Å². The zero-order valence-corrected chi connectivity index (χ0v) is 10.8. The van der Waals surface area contributed by atoms with E-state index in [2.05, 4.69) is 74.3 Å². The molecule has 14 heavy (non-hydrogen) atoms. The Morgan fingerprint density at radius 2 is 1.71 bits per heavy atom. The molecule has 0 aliphatic carbocycles. The second kappa shape index (κ2) is 4.45. The number of alkyl halides is 2. The van der Waals surface area contributed by atoms with Gasteiger partial charge in [-0.15, -0.1) is 0 Å². The first-order valence-electron chi connectivity index (χ1n) is 4.50. The van der Waals surface area contributed by atoms with Crippen molar-refractivity contribution in [3.8, 4) is 0 Å². The maximum absolute atomic E-state index is 3.66. The highest BCUT2D eigenvalue weighted by atomic mass is 79.9. The molecule has 0 heterocycles. The molecule has 0 nitrogen and oxygen atoms in total. The van der Waals surface area contributed by atoms with Crippen LogP contribution < -0.4 is 0 Å². The Kier molecular flexibility index (Phi) is 3.24. The Hall–Kier alpha value is -0.340. The Morgan fingerprint density at radius 3 is 2.50 bits per heavy atom. The SMILES string of the molecule is BrC[C@@H](Br)c1cccc2ccccc12. The maximum Gasteiger partial charge on any atom is 0.0498 e. The quantitative estimate of drug-likeness (QED) is 0.707. The number of rotatable bonds is 2. The van der Waals surface area contributed by atoms with E-state index in [1.54, 1.807) is 0 Å². The Morgan fingerprint density at radius 1 is 1.00 bits per heavy atom. The fraction of sp³-hybridized carbons (Fsp3) is 0.167. The van der Waals surface area contributed by atoms with E-state index in [9.17, 15) is 0 Å². The van der Waals surface area contributed by atoms with E-state index in [-0.39, 0.29) is 0 Å². The van der Waals surface area contributed by atoms with E-state index < -0.39 is 0 Å². The highest BCUT2D eigenvalue weighted by Crippen LogP contribution is 2.30. The van der Waals surface area contributed by atoms with Gasteiger partial charge in [-0.05, 0) is 16.3 Å². The van der Waals surface area contributed by atoms with Crippen LogP contribution in [0.1, 0.15) is 10.4 Å². The monoisotopic (exact) mass is 312 g/mol. The summed E-state index contributed by atoms with van der Waals surface area (Å²) in [6.45, 7) is 0. The van der Waals surface area contributed by atoms with Crippen LogP contribution in [0.15, 0.2) is 42.5 Å². The van der Waals surface area contributed by atoms with Gasteiger partial charge < -0.3 is 0 Å². The first-order valence-corrected chi connectivity index (χ1v) is 6.54. The largest absolute Gasteiger partial charge is 0.0912 e. The predicted octanol–water partition coefficient (Wildman–Crippen LogP) is 4.67. The molecule has 72 valence electrons. The van der Waals surface area contributed by atoms with Gasteiger partial charge in [0.2, 0.25) is 0 Å². The molecule has 0 aliphatic heterocycles. The minimum Gasteiger partial charge on any atom is -0.0912 e. The molecule has 0 fully saturated rings. The van der Waals surface area contributed by atoms with Gasteiger partial charge in [-0.25, -0.2) is 0 Å². The summed E-state index contributed by atoms with van der Waals surface area (Å²) in [5.74, 6) is 0. The predicted molar refractivity (Wildman–Crippen MR) is 69.4 cm³/mol. The minimum atomic E-state index is 0.383.